The first-order valence-electron chi connectivity index (χ1n) is 17.0. The van der Waals surface area contributed by atoms with Crippen molar-refractivity contribution in [3.63, 3.8) is 0 Å². The summed E-state index contributed by atoms with van der Waals surface area (Å²) in [5.41, 5.74) is 5.64. The number of methoxy groups -OCH3 is 6. The maximum Gasteiger partial charge on any atom is 0.203 e. The van der Waals surface area contributed by atoms with E-state index < -0.39 is 0 Å². The van der Waals surface area contributed by atoms with Gasteiger partial charge in [0.25, 0.3) is 0 Å². The van der Waals surface area contributed by atoms with Crippen molar-refractivity contribution >= 4 is 11.4 Å². The lowest BCUT2D eigenvalue weighted by molar-refractivity contribution is 0.222. The fraction of sp³-hybridized carbons (Fsp3) is 0.436. The topological polar surface area (TPSA) is 90.9 Å². The lowest BCUT2D eigenvalue weighted by Crippen LogP contribution is -2.38. The molecule has 0 atom stereocenters. The van der Waals surface area contributed by atoms with Gasteiger partial charge in [-0.3, -0.25) is 9.97 Å². The zero-order chi connectivity index (χ0) is 35.6. The predicted molar refractivity (Wildman–Crippen MR) is 199 cm³/mol. The highest BCUT2D eigenvalue weighted by Crippen LogP contribution is 2.42. The van der Waals surface area contributed by atoms with Crippen molar-refractivity contribution in [3.05, 3.63) is 60.9 Å². The van der Waals surface area contributed by atoms with Crippen LogP contribution in [0.2, 0.25) is 0 Å². The van der Waals surface area contributed by atoms with E-state index in [0.29, 0.717) is 40.5 Å². The number of ether oxygens (including phenoxy) is 6. The van der Waals surface area contributed by atoms with Gasteiger partial charge in [-0.1, -0.05) is 0 Å². The third-order valence-corrected chi connectivity index (χ3v) is 9.55. The van der Waals surface area contributed by atoms with Gasteiger partial charge in [-0.15, -0.1) is 0 Å². The van der Waals surface area contributed by atoms with Gasteiger partial charge in [-0.05, 0) is 87.3 Å². The van der Waals surface area contributed by atoms with Crippen molar-refractivity contribution in [1.29, 1.82) is 0 Å². The Bertz CT molecular complexity index is 1510. The molecule has 0 amide bonds. The van der Waals surface area contributed by atoms with Crippen LogP contribution in [-0.2, 0) is 0 Å². The molecule has 1 fully saturated rings. The Labute approximate surface area is 296 Å². The summed E-state index contributed by atoms with van der Waals surface area (Å²) in [4.78, 5) is 16.8. The van der Waals surface area contributed by atoms with Crippen LogP contribution in [0.15, 0.2) is 60.9 Å². The van der Waals surface area contributed by atoms with E-state index in [1.807, 2.05) is 48.8 Å². The maximum absolute atomic E-state index is 5.54. The number of benzene rings is 2. The molecule has 0 aliphatic carbocycles. The quantitative estimate of drug-likeness (QED) is 0.119. The van der Waals surface area contributed by atoms with Crippen LogP contribution >= 0.6 is 0 Å². The summed E-state index contributed by atoms with van der Waals surface area (Å²) in [6.45, 7) is 4.19. The second-order valence-corrected chi connectivity index (χ2v) is 12.4. The summed E-state index contributed by atoms with van der Waals surface area (Å²) in [6, 6.07) is 16.5. The number of anilines is 2. The monoisotopic (exact) mass is 685 g/mol. The van der Waals surface area contributed by atoms with Crippen molar-refractivity contribution < 1.29 is 28.4 Å². The number of likely N-dealkylation sites (tertiary alicyclic amines) is 1. The minimum absolute atomic E-state index is 0.486. The molecule has 0 unspecified atom stereocenters. The predicted octanol–water partition coefficient (Wildman–Crippen LogP) is 6.68. The zero-order valence-corrected chi connectivity index (χ0v) is 30.7. The fourth-order valence-corrected chi connectivity index (χ4v) is 6.58. The molecule has 3 heterocycles. The van der Waals surface area contributed by atoms with E-state index in [-0.39, 0.29) is 0 Å². The molecule has 0 spiro atoms. The third kappa shape index (κ3) is 8.27. The smallest absolute Gasteiger partial charge is 0.203 e. The summed E-state index contributed by atoms with van der Waals surface area (Å²) in [6.07, 6.45) is 8.54. The molecular formula is C39H51N5O6. The molecule has 1 aliphatic rings. The third-order valence-electron chi connectivity index (χ3n) is 9.55. The Balaban J connectivity index is 1.21. The maximum atomic E-state index is 5.54. The molecule has 2 aromatic carbocycles. The Morgan fingerprint density at radius 2 is 0.960 bits per heavy atom. The van der Waals surface area contributed by atoms with Gasteiger partial charge < -0.3 is 43.1 Å². The van der Waals surface area contributed by atoms with Gasteiger partial charge in [-0.2, -0.15) is 0 Å². The lowest BCUT2D eigenvalue weighted by atomic mass is 10.1. The number of hydrogen-bond acceptors (Lipinski definition) is 11. The summed E-state index contributed by atoms with van der Waals surface area (Å²) >= 11 is 0. The number of nitrogens with zero attached hydrogens (tertiary/aromatic N) is 5. The molecule has 1 aliphatic heterocycles. The summed E-state index contributed by atoms with van der Waals surface area (Å²) < 4.78 is 33.1. The van der Waals surface area contributed by atoms with E-state index in [0.717, 1.165) is 72.9 Å². The van der Waals surface area contributed by atoms with Crippen LogP contribution in [0.3, 0.4) is 0 Å². The molecular weight excluding hydrogens is 634 g/mol. The zero-order valence-electron chi connectivity index (χ0n) is 30.7. The minimum atomic E-state index is 0.486. The molecule has 50 heavy (non-hydrogen) atoms. The first kappa shape index (κ1) is 36.4. The Morgan fingerprint density at radius 3 is 1.26 bits per heavy atom. The molecule has 268 valence electrons. The number of pyridine rings is 2. The SMILES string of the molecule is COc1cc(-c2ccc(N(C)CCC(CCN(C)c3ccc(-c4cc(OC)c(OC)c(OC)c4)nc3)N3CCCC3)cn2)cc(OC)c1OC. The van der Waals surface area contributed by atoms with Crippen LogP contribution in [-0.4, -0.2) is 104 Å². The summed E-state index contributed by atoms with van der Waals surface area (Å²) in [7, 11) is 14.0. The average molecular weight is 686 g/mol. The van der Waals surface area contributed by atoms with Gasteiger partial charge in [0.15, 0.2) is 23.0 Å². The Hall–Kier alpha value is -4.90. The summed E-state index contributed by atoms with van der Waals surface area (Å²) in [5.74, 6) is 3.55. The molecule has 1 saturated heterocycles. The first-order chi connectivity index (χ1) is 24.3. The lowest BCUT2D eigenvalue weighted by Gasteiger charge is -2.31. The molecule has 4 aromatic rings. The van der Waals surface area contributed by atoms with Crippen molar-refractivity contribution in [1.82, 2.24) is 14.9 Å². The van der Waals surface area contributed by atoms with Gasteiger partial charge in [0.05, 0.1) is 77.8 Å². The van der Waals surface area contributed by atoms with E-state index >= 15 is 0 Å². The van der Waals surface area contributed by atoms with Crippen LogP contribution in [0.4, 0.5) is 11.4 Å². The van der Waals surface area contributed by atoms with Crippen molar-refractivity contribution in [3.8, 4) is 57.0 Å². The van der Waals surface area contributed by atoms with Gasteiger partial charge in [0, 0.05) is 44.4 Å². The van der Waals surface area contributed by atoms with Gasteiger partial charge in [0.1, 0.15) is 0 Å². The van der Waals surface area contributed by atoms with Gasteiger partial charge in [0.2, 0.25) is 11.5 Å². The van der Waals surface area contributed by atoms with E-state index in [9.17, 15) is 0 Å². The molecule has 0 bridgehead atoms. The van der Waals surface area contributed by atoms with Crippen LogP contribution in [0.1, 0.15) is 25.7 Å². The van der Waals surface area contributed by atoms with Crippen molar-refractivity contribution in [2.45, 2.75) is 31.7 Å². The van der Waals surface area contributed by atoms with E-state index in [1.54, 1.807) is 42.7 Å². The Morgan fingerprint density at radius 1 is 0.580 bits per heavy atom. The fourth-order valence-electron chi connectivity index (χ4n) is 6.58. The highest BCUT2D eigenvalue weighted by molar-refractivity contribution is 5.70. The average Bonchev–Trinajstić information content (AvgIpc) is 3.71. The van der Waals surface area contributed by atoms with Gasteiger partial charge >= 0.3 is 0 Å². The molecule has 0 N–H and O–H groups in total. The Kier molecular flexibility index (Phi) is 12.5. The molecule has 11 nitrogen and oxygen atoms in total. The second-order valence-electron chi connectivity index (χ2n) is 12.4. The molecule has 2 aromatic heterocycles. The summed E-state index contributed by atoms with van der Waals surface area (Å²) in [5, 5.41) is 0. The van der Waals surface area contributed by atoms with E-state index in [2.05, 4.69) is 40.9 Å². The minimum Gasteiger partial charge on any atom is -0.493 e. The van der Waals surface area contributed by atoms with Crippen LogP contribution in [0.5, 0.6) is 34.5 Å². The second kappa shape index (κ2) is 17.2. The number of rotatable bonds is 17. The van der Waals surface area contributed by atoms with Crippen LogP contribution in [0, 0.1) is 0 Å². The largest absolute Gasteiger partial charge is 0.493 e. The van der Waals surface area contributed by atoms with Crippen LogP contribution in [0.25, 0.3) is 22.5 Å². The number of hydrogen-bond donors (Lipinski definition) is 0. The van der Waals surface area contributed by atoms with Crippen molar-refractivity contribution in [2.24, 2.45) is 0 Å². The highest BCUT2D eigenvalue weighted by Gasteiger charge is 2.23. The van der Waals surface area contributed by atoms with Crippen LogP contribution < -0.4 is 38.2 Å². The van der Waals surface area contributed by atoms with E-state index in [4.69, 9.17) is 38.4 Å². The highest BCUT2D eigenvalue weighted by atomic mass is 16.5. The normalized spacial score (nSPS) is 12.9. The molecule has 5 rings (SSSR count). The molecule has 0 radical (unpaired) electrons. The van der Waals surface area contributed by atoms with E-state index in [1.165, 1.54) is 12.8 Å². The first-order valence-corrected chi connectivity index (χ1v) is 17.0. The molecule has 11 heteroatoms. The number of aromatic nitrogens is 2. The van der Waals surface area contributed by atoms with Crippen molar-refractivity contribution in [2.75, 3.05) is 92.7 Å². The standard InChI is InChI=1S/C39H51N5O6/c1-42(30-11-13-32(40-25-30)27-21-34(45-3)38(49-7)35(22-27)46-4)19-15-29(44-17-9-10-18-44)16-20-43(2)31-12-14-33(41-26-31)28-23-36(47-5)39(50-8)37(24-28)48-6/h11-14,21-26,29H,9-10,15-20H2,1-8H3. The molecule has 0 saturated carbocycles. The van der Waals surface area contributed by atoms with Gasteiger partial charge in [-0.25, -0.2) is 0 Å².